The SMILES string of the molecule is CCc1ccc(CC(CCC(C)C)NN)nc1. The van der Waals surface area contributed by atoms with Gasteiger partial charge in [-0.15, -0.1) is 0 Å². The van der Waals surface area contributed by atoms with Crippen LogP contribution < -0.4 is 11.3 Å². The summed E-state index contributed by atoms with van der Waals surface area (Å²) < 4.78 is 0. The first-order valence-electron chi connectivity index (χ1n) is 6.55. The number of hydrazine groups is 1. The van der Waals surface area contributed by atoms with E-state index in [1.165, 1.54) is 12.0 Å². The highest BCUT2D eigenvalue weighted by atomic mass is 15.2. The Bertz CT molecular complexity index is 306. The molecule has 0 aliphatic rings. The number of hydrogen-bond donors (Lipinski definition) is 2. The highest BCUT2D eigenvalue weighted by Gasteiger charge is 2.09. The fourth-order valence-corrected chi connectivity index (χ4v) is 1.82. The van der Waals surface area contributed by atoms with Crippen LogP contribution in [0.3, 0.4) is 0 Å². The summed E-state index contributed by atoms with van der Waals surface area (Å²) in [6.07, 6.45) is 6.21. The fraction of sp³-hybridized carbons (Fsp3) is 0.643. The Kier molecular flexibility index (Phi) is 6.16. The van der Waals surface area contributed by atoms with E-state index in [1.54, 1.807) is 0 Å². The zero-order chi connectivity index (χ0) is 12.7. The molecule has 0 amide bonds. The van der Waals surface area contributed by atoms with Gasteiger partial charge in [-0.3, -0.25) is 16.3 Å². The van der Waals surface area contributed by atoms with Crippen molar-refractivity contribution >= 4 is 0 Å². The third-order valence-corrected chi connectivity index (χ3v) is 3.08. The molecular formula is C14H25N3. The van der Waals surface area contributed by atoms with E-state index in [2.05, 4.69) is 43.3 Å². The van der Waals surface area contributed by atoms with Gasteiger partial charge in [-0.1, -0.05) is 26.8 Å². The summed E-state index contributed by atoms with van der Waals surface area (Å²) in [4.78, 5) is 4.47. The minimum atomic E-state index is 0.331. The Balaban J connectivity index is 2.48. The highest BCUT2D eigenvalue weighted by Crippen LogP contribution is 2.10. The maximum Gasteiger partial charge on any atom is 0.0419 e. The number of aromatic nitrogens is 1. The molecule has 17 heavy (non-hydrogen) atoms. The zero-order valence-electron chi connectivity index (χ0n) is 11.2. The van der Waals surface area contributed by atoms with Crippen LogP contribution in [0.4, 0.5) is 0 Å². The van der Waals surface area contributed by atoms with E-state index in [1.807, 2.05) is 6.20 Å². The Morgan fingerprint density at radius 1 is 1.29 bits per heavy atom. The van der Waals surface area contributed by atoms with Crippen molar-refractivity contribution in [3.63, 3.8) is 0 Å². The lowest BCUT2D eigenvalue weighted by atomic mass is 10.00. The van der Waals surface area contributed by atoms with Crippen molar-refractivity contribution in [1.29, 1.82) is 0 Å². The molecule has 3 heteroatoms. The minimum Gasteiger partial charge on any atom is -0.271 e. The summed E-state index contributed by atoms with van der Waals surface area (Å²) in [6, 6.07) is 4.59. The van der Waals surface area contributed by atoms with Crippen LogP contribution in [0.15, 0.2) is 18.3 Å². The van der Waals surface area contributed by atoms with E-state index in [-0.39, 0.29) is 0 Å². The molecular weight excluding hydrogens is 210 g/mol. The minimum absolute atomic E-state index is 0.331. The van der Waals surface area contributed by atoms with Gasteiger partial charge < -0.3 is 0 Å². The van der Waals surface area contributed by atoms with Crippen molar-refractivity contribution < 1.29 is 0 Å². The summed E-state index contributed by atoms with van der Waals surface area (Å²) in [5.74, 6) is 6.31. The van der Waals surface area contributed by atoms with Gasteiger partial charge >= 0.3 is 0 Å². The van der Waals surface area contributed by atoms with Crippen molar-refractivity contribution in [2.75, 3.05) is 0 Å². The first-order valence-corrected chi connectivity index (χ1v) is 6.55. The van der Waals surface area contributed by atoms with Crippen LogP contribution in [0.5, 0.6) is 0 Å². The number of pyridine rings is 1. The Labute approximate surface area is 105 Å². The number of aryl methyl sites for hydroxylation is 1. The lowest BCUT2D eigenvalue weighted by Crippen LogP contribution is -2.37. The molecule has 1 atom stereocenters. The maximum atomic E-state index is 5.59. The van der Waals surface area contributed by atoms with E-state index in [0.717, 1.165) is 30.9 Å². The second-order valence-electron chi connectivity index (χ2n) is 5.05. The van der Waals surface area contributed by atoms with E-state index in [9.17, 15) is 0 Å². The van der Waals surface area contributed by atoms with E-state index in [0.29, 0.717) is 6.04 Å². The average molecular weight is 235 g/mol. The van der Waals surface area contributed by atoms with Gasteiger partial charge in [-0.2, -0.15) is 0 Å². The van der Waals surface area contributed by atoms with Gasteiger partial charge in [0.15, 0.2) is 0 Å². The molecule has 0 fully saturated rings. The van der Waals surface area contributed by atoms with E-state index >= 15 is 0 Å². The van der Waals surface area contributed by atoms with Crippen LogP contribution in [0.25, 0.3) is 0 Å². The summed E-state index contributed by atoms with van der Waals surface area (Å²) in [7, 11) is 0. The molecule has 0 aliphatic heterocycles. The van der Waals surface area contributed by atoms with Crippen LogP contribution in [0.1, 0.15) is 44.9 Å². The van der Waals surface area contributed by atoms with Crippen LogP contribution >= 0.6 is 0 Å². The molecule has 0 saturated heterocycles. The van der Waals surface area contributed by atoms with Gasteiger partial charge in [-0.25, -0.2) is 0 Å². The molecule has 0 aromatic carbocycles. The highest BCUT2D eigenvalue weighted by molar-refractivity contribution is 5.14. The molecule has 1 aromatic heterocycles. The van der Waals surface area contributed by atoms with Gasteiger partial charge in [0.1, 0.15) is 0 Å². The summed E-state index contributed by atoms with van der Waals surface area (Å²) in [5.41, 5.74) is 5.30. The first-order chi connectivity index (χ1) is 8.15. The second-order valence-corrected chi connectivity index (χ2v) is 5.05. The Morgan fingerprint density at radius 3 is 2.53 bits per heavy atom. The fourth-order valence-electron chi connectivity index (χ4n) is 1.82. The standard InChI is InChI=1S/C14H25N3/c1-4-12-6-8-13(16-10-12)9-14(17-15)7-5-11(2)3/h6,8,10-11,14,17H,4-5,7,9,15H2,1-3H3. The molecule has 3 nitrogen and oxygen atoms in total. The lowest BCUT2D eigenvalue weighted by molar-refractivity contribution is 0.431. The van der Waals surface area contributed by atoms with Gasteiger partial charge in [0, 0.05) is 24.4 Å². The number of hydrogen-bond acceptors (Lipinski definition) is 3. The van der Waals surface area contributed by atoms with E-state index < -0.39 is 0 Å². The predicted octanol–water partition coefficient (Wildman–Crippen LogP) is 2.45. The van der Waals surface area contributed by atoms with Gasteiger partial charge in [-0.05, 0) is 36.8 Å². The van der Waals surface area contributed by atoms with Gasteiger partial charge in [0.2, 0.25) is 0 Å². The third kappa shape index (κ3) is 5.29. The molecule has 96 valence electrons. The predicted molar refractivity (Wildman–Crippen MR) is 72.5 cm³/mol. The Morgan fingerprint density at radius 2 is 2.06 bits per heavy atom. The molecule has 0 aliphatic carbocycles. The molecule has 0 bridgehead atoms. The topological polar surface area (TPSA) is 50.9 Å². The number of rotatable bonds is 7. The lowest BCUT2D eigenvalue weighted by Gasteiger charge is -2.16. The van der Waals surface area contributed by atoms with Crippen molar-refractivity contribution in [3.05, 3.63) is 29.6 Å². The second kappa shape index (κ2) is 7.41. The molecule has 0 spiro atoms. The summed E-state index contributed by atoms with van der Waals surface area (Å²) in [6.45, 7) is 6.62. The van der Waals surface area contributed by atoms with Crippen LogP contribution in [0.2, 0.25) is 0 Å². The van der Waals surface area contributed by atoms with Crippen molar-refractivity contribution in [2.45, 2.75) is 52.5 Å². The zero-order valence-corrected chi connectivity index (χ0v) is 11.2. The summed E-state index contributed by atoms with van der Waals surface area (Å²) in [5, 5.41) is 0. The van der Waals surface area contributed by atoms with Crippen LogP contribution in [0, 0.1) is 5.92 Å². The largest absolute Gasteiger partial charge is 0.271 e. The molecule has 1 aromatic rings. The summed E-state index contributed by atoms with van der Waals surface area (Å²) >= 11 is 0. The van der Waals surface area contributed by atoms with Crippen LogP contribution in [-0.4, -0.2) is 11.0 Å². The molecule has 1 unspecified atom stereocenters. The third-order valence-electron chi connectivity index (χ3n) is 3.08. The maximum absolute atomic E-state index is 5.59. The molecule has 1 heterocycles. The average Bonchev–Trinajstić information content (AvgIpc) is 2.35. The molecule has 0 radical (unpaired) electrons. The van der Waals surface area contributed by atoms with Crippen molar-refractivity contribution in [3.8, 4) is 0 Å². The Hall–Kier alpha value is -0.930. The van der Waals surface area contributed by atoms with Gasteiger partial charge in [0.25, 0.3) is 0 Å². The number of nitrogens with one attached hydrogen (secondary N) is 1. The van der Waals surface area contributed by atoms with Crippen LogP contribution in [-0.2, 0) is 12.8 Å². The monoisotopic (exact) mass is 235 g/mol. The van der Waals surface area contributed by atoms with E-state index in [4.69, 9.17) is 5.84 Å². The number of nitrogens with two attached hydrogens (primary N) is 1. The molecule has 1 rings (SSSR count). The first kappa shape index (κ1) is 14.1. The smallest absolute Gasteiger partial charge is 0.0419 e. The number of nitrogens with zero attached hydrogens (tertiary/aromatic N) is 1. The normalized spacial score (nSPS) is 13.0. The van der Waals surface area contributed by atoms with Gasteiger partial charge in [0.05, 0.1) is 0 Å². The quantitative estimate of drug-likeness (QED) is 0.564. The van der Waals surface area contributed by atoms with Crippen molar-refractivity contribution in [2.24, 2.45) is 11.8 Å². The molecule has 0 saturated carbocycles. The van der Waals surface area contributed by atoms with Crippen molar-refractivity contribution in [1.82, 2.24) is 10.4 Å². The molecule has 3 N–H and O–H groups in total.